The lowest BCUT2D eigenvalue weighted by Crippen LogP contribution is -2.47. The van der Waals surface area contributed by atoms with E-state index in [9.17, 15) is 4.79 Å². The minimum Gasteiger partial charge on any atom is -0.357 e. The van der Waals surface area contributed by atoms with E-state index in [1.165, 1.54) is 6.42 Å². The predicted octanol–water partition coefficient (Wildman–Crippen LogP) is 2.81. The number of piperidine rings is 1. The monoisotopic (exact) mass is 397 g/mol. The van der Waals surface area contributed by atoms with Crippen LogP contribution in [-0.2, 0) is 4.79 Å². The summed E-state index contributed by atoms with van der Waals surface area (Å²) >= 11 is 0. The lowest BCUT2D eigenvalue weighted by molar-refractivity contribution is -0.126. The van der Waals surface area contributed by atoms with Gasteiger partial charge in [-0.15, -0.1) is 10.2 Å². The molecule has 2 aliphatic rings. The molecule has 0 spiro atoms. The van der Waals surface area contributed by atoms with E-state index in [1.807, 2.05) is 12.1 Å². The molecule has 2 fully saturated rings. The normalized spacial score (nSPS) is 25.0. The van der Waals surface area contributed by atoms with Gasteiger partial charge in [0.15, 0.2) is 0 Å². The molecule has 1 saturated carbocycles. The number of tetrazole rings is 1. The summed E-state index contributed by atoms with van der Waals surface area (Å²) in [6, 6.07) is 4.28. The van der Waals surface area contributed by atoms with E-state index in [0.29, 0.717) is 23.2 Å². The van der Waals surface area contributed by atoms with E-state index in [2.05, 4.69) is 56.6 Å². The fourth-order valence-electron chi connectivity index (χ4n) is 4.47. The number of H-pyrrole nitrogens is 1. The van der Waals surface area contributed by atoms with Crippen LogP contribution in [0.5, 0.6) is 0 Å². The minimum atomic E-state index is 0.107. The van der Waals surface area contributed by atoms with E-state index in [1.54, 1.807) is 6.20 Å². The molecule has 1 aliphatic heterocycles. The molecule has 2 aromatic heterocycles. The Morgan fingerprint density at radius 2 is 2.03 bits per heavy atom. The van der Waals surface area contributed by atoms with Gasteiger partial charge in [0.2, 0.25) is 11.7 Å². The smallest absolute Gasteiger partial charge is 0.223 e. The predicted molar refractivity (Wildman–Crippen MR) is 111 cm³/mol. The average molecular weight is 398 g/mol. The van der Waals surface area contributed by atoms with Crippen LogP contribution in [0, 0.1) is 17.3 Å². The number of aromatic amines is 1. The van der Waals surface area contributed by atoms with Gasteiger partial charge >= 0.3 is 0 Å². The van der Waals surface area contributed by atoms with Gasteiger partial charge in [-0.05, 0) is 60.8 Å². The van der Waals surface area contributed by atoms with Gasteiger partial charge in [0.05, 0.1) is 0 Å². The maximum atomic E-state index is 12.8. The Hall–Kier alpha value is -2.51. The molecule has 3 heterocycles. The van der Waals surface area contributed by atoms with Crippen LogP contribution < -0.4 is 10.2 Å². The highest BCUT2D eigenvalue weighted by atomic mass is 16.1. The third-order valence-electron chi connectivity index (χ3n) is 7.00. The third kappa shape index (κ3) is 4.41. The van der Waals surface area contributed by atoms with Crippen molar-refractivity contribution in [3.8, 4) is 11.4 Å². The molecule has 2 atom stereocenters. The molecular formula is C21H31N7O. The van der Waals surface area contributed by atoms with Crippen LogP contribution in [0.3, 0.4) is 0 Å². The number of rotatable bonds is 4. The summed E-state index contributed by atoms with van der Waals surface area (Å²) in [7, 11) is 0. The van der Waals surface area contributed by atoms with Gasteiger partial charge in [-0.2, -0.15) is 5.21 Å². The van der Waals surface area contributed by atoms with E-state index in [-0.39, 0.29) is 11.8 Å². The molecule has 156 valence electrons. The number of pyridine rings is 1. The lowest BCUT2D eigenvalue weighted by Gasteiger charge is -2.41. The number of carbonyl (C=O) groups excluding carboxylic acids is 1. The van der Waals surface area contributed by atoms with Crippen molar-refractivity contribution in [3.05, 3.63) is 18.3 Å². The van der Waals surface area contributed by atoms with Crippen molar-refractivity contribution in [1.82, 2.24) is 30.9 Å². The first kappa shape index (κ1) is 19.8. The van der Waals surface area contributed by atoms with Crippen LogP contribution in [0.4, 0.5) is 5.82 Å². The highest BCUT2D eigenvalue weighted by Gasteiger charge is 2.35. The molecule has 8 heteroatoms. The summed E-state index contributed by atoms with van der Waals surface area (Å²) in [5.74, 6) is 2.46. The Morgan fingerprint density at radius 3 is 2.66 bits per heavy atom. The molecule has 0 bridgehead atoms. The van der Waals surface area contributed by atoms with Crippen molar-refractivity contribution < 1.29 is 4.79 Å². The third-order valence-corrected chi connectivity index (χ3v) is 7.00. The molecule has 2 unspecified atom stereocenters. The Kier molecular flexibility index (Phi) is 5.52. The number of nitrogens with one attached hydrogen (secondary N) is 2. The van der Waals surface area contributed by atoms with Crippen molar-refractivity contribution in [2.45, 2.75) is 58.9 Å². The van der Waals surface area contributed by atoms with Gasteiger partial charge in [-0.1, -0.05) is 20.8 Å². The van der Waals surface area contributed by atoms with Gasteiger partial charge in [-0.25, -0.2) is 4.98 Å². The van der Waals surface area contributed by atoms with Crippen LogP contribution in [0.1, 0.15) is 52.9 Å². The van der Waals surface area contributed by atoms with Crippen LogP contribution in [0.15, 0.2) is 18.3 Å². The van der Waals surface area contributed by atoms with E-state index in [4.69, 9.17) is 0 Å². The Labute approximate surface area is 171 Å². The maximum absolute atomic E-state index is 12.8. The molecular weight excluding hydrogens is 366 g/mol. The quantitative estimate of drug-likeness (QED) is 0.823. The van der Waals surface area contributed by atoms with Crippen molar-refractivity contribution in [2.75, 3.05) is 18.0 Å². The SMILES string of the molecule is CC1CC(NC(=O)C2CCN(c3ccc(-c4nn[nH]n4)cn3)CC2)CCC1(C)C. The summed E-state index contributed by atoms with van der Waals surface area (Å²) in [6.07, 6.45) is 6.88. The van der Waals surface area contributed by atoms with Crippen LogP contribution in [0.25, 0.3) is 11.4 Å². The average Bonchev–Trinajstić information content (AvgIpc) is 3.26. The van der Waals surface area contributed by atoms with Gasteiger partial charge in [0.1, 0.15) is 5.82 Å². The van der Waals surface area contributed by atoms with Crippen LogP contribution in [0.2, 0.25) is 0 Å². The fourth-order valence-corrected chi connectivity index (χ4v) is 4.47. The summed E-state index contributed by atoms with van der Waals surface area (Å²) in [5, 5.41) is 17.3. The van der Waals surface area contributed by atoms with Gasteiger partial charge in [0, 0.05) is 36.8 Å². The second kappa shape index (κ2) is 8.08. The first-order valence-corrected chi connectivity index (χ1v) is 10.7. The first-order valence-electron chi connectivity index (χ1n) is 10.7. The van der Waals surface area contributed by atoms with E-state index in [0.717, 1.165) is 50.2 Å². The Morgan fingerprint density at radius 1 is 1.24 bits per heavy atom. The molecule has 2 N–H and O–H groups in total. The molecule has 2 aromatic rings. The first-order chi connectivity index (χ1) is 13.9. The zero-order chi connectivity index (χ0) is 20.4. The van der Waals surface area contributed by atoms with Gasteiger partial charge in [-0.3, -0.25) is 4.79 Å². The van der Waals surface area contributed by atoms with Crippen molar-refractivity contribution in [3.63, 3.8) is 0 Å². The zero-order valence-corrected chi connectivity index (χ0v) is 17.6. The summed E-state index contributed by atoms with van der Waals surface area (Å²) < 4.78 is 0. The van der Waals surface area contributed by atoms with E-state index >= 15 is 0 Å². The van der Waals surface area contributed by atoms with Crippen LogP contribution >= 0.6 is 0 Å². The standard InChI is InChI=1S/C21H31N7O/c1-14-12-17(6-9-21(14,2)3)23-20(29)15-7-10-28(11-8-15)18-5-4-16(13-22-18)19-24-26-27-25-19/h4-5,13-15,17H,6-12H2,1-3H3,(H,23,29)(H,24,25,26,27). The molecule has 8 nitrogen and oxygen atoms in total. The minimum absolute atomic E-state index is 0.107. The number of aromatic nitrogens is 5. The summed E-state index contributed by atoms with van der Waals surface area (Å²) in [5.41, 5.74) is 1.22. The number of nitrogens with zero attached hydrogens (tertiary/aromatic N) is 5. The zero-order valence-electron chi connectivity index (χ0n) is 17.6. The van der Waals surface area contributed by atoms with Crippen molar-refractivity contribution in [1.29, 1.82) is 0 Å². The Bertz CT molecular complexity index is 810. The maximum Gasteiger partial charge on any atom is 0.223 e. The molecule has 4 rings (SSSR count). The summed E-state index contributed by atoms with van der Waals surface area (Å²) in [6.45, 7) is 8.69. The molecule has 29 heavy (non-hydrogen) atoms. The number of anilines is 1. The molecule has 0 aromatic carbocycles. The number of hydrogen-bond acceptors (Lipinski definition) is 6. The van der Waals surface area contributed by atoms with Crippen LogP contribution in [-0.4, -0.2) is 50.6 Å². The topological polar surface area (TPSA) is 99.7 Å². The Balaban J connectivity index is 1.27. The van der Waals surface area contributed by atoms with Crippen molar-refractivity contribution >= 4 is 11.7 Å². The molecule has 1 amide bonds. The highest BCUT2D eigenvalue weighted by Crippen LogP contribution is 2.40. The second-order valence-corrected chi connectivity index (χ2v) is 9.27. The lowest BCUT2D eigenvalue weighted by atomic mass is 9.68. The van der Waals surface area contributed by atoms with Gasteiger partial charge in [0.25, 0.3) is 0 Å². The molecule has 1 aliphatic carbocycles. The second-order valence-electron chi connectivity index (χ2n) is 9.27. The van der Waals surface area contributed by atoms with Crippen molar-refractivity contribution in [2.24, 2.45) is 17.3 Å². The van der Waals surface area contributed by atoms with E-state index < -0.39 is 0 Å². The summed E-state index contributed by atoms with van der Waals surface area (Å²) in [4.78, 5) is 19.6. The number of carbonyl (C=O) groups is 1. The molecule has 0 radical (unpaired) electrons. The van der Waals surface area contributed by atoms with Gasteiger partial charge < -0.3 is 10.2 Å². The highest BCUT2D eigenvalue weighted by molar-refractivity contribution is 5.79. The fraction of sp³-hybridized carbons (Fsp3) is 0.667. The largest absolute Gasteiger partial charge is 0.357 e. The molecule has 1 saturated heterocycles. The number of hydrogen-bond donors (Lipinski definition) is 2. The number of amides is 1.